The Labute approximate surface area is 92.7 Å². The van der Waals surface area contributed by atoms with E-state index in [2.05, 4.69) is 20.8 Å². The Kier molecular flexibility index (Phi) is 4.37. The zero-order valence-corrected chi connectivity index (χ0v) is 11.6. The van der Waals surface area contributed by atoms with Crippen molar-refractivity contribution in [1.82, 2.24) is 0 Å². The maximum absolute atomic E-state index is 11.3. The van der Waals surface area contributed by atoms with Gasteiger partial charge < -0.3 is 11.7 Å². The van der Waals surface area contributed by atoms with Crippen LogP contribution in [0, 0.1) is 61.7 Å². The first-order valence-corrected chi connectivity index (χ1v) is 3.92. The molecule has 2 heteroatoms. The van der Waals surface area contributed by atoms with Crippen LogP contribution in [0.25, 0.3) is 0 Å². The van der Waals surface area contributed by atoms with E-state index in [1.807, 2.05) is 6.92 Å². The van der Waals surface area contributed by atoms with E-state index in [9.17, 15) is 4.79 Å². The summed E-state index contributed by atoms with van der Waals surface area (Å²) in [6, 6.07) is 0. The fourth-order valence-corrected chi connectivity index (χ4v) is 1.68. The summed E-state index contributed by atoms with van der Waals surface area (Å²) in [6.45, 7) is 10.1. The van der Waals surface area contributed by atoms with Crippen molar-refractivity contribution < 1.29 is 35.9 Å². The average Bonchev–Trinajstić information content (AvgIpc) is 2.07. The third-order valence-electron chi connectivity index (χ3n) is 3.07. The van der Waals surface area contributed by atoms with Crippen molar-refractivity contribution in [1.29, 1.82) is 0 Å². The number of hydrogen-bond acceptors (Lipinski definition) is 1. The minimum Gasteiger partial charge on any atom is -0.333 e. The predicted octanol–water partition coefficient (Wildman–Crippen LogP) is 1.93. The second-order valence-corrected chi connectivity index (χ2v) is 3.52. The van der Waals surface area contributed by atoms with Gasteiger partial charge in [0.2, 0.25) is 0 Å². The Bertz CT molecular complexity index is 140. The number of hydrogen-bond donors (Lipinski definition) is 0. The van der Waals surface area contributed by atoms with Gasteiger partial charge in [0.15, 0.2) is 0 Å². The normalized spacial score (nSPS) is 43.8. The van der Waals surface area contributed by atoms with Gasteiger partial charge in [0, 0.05) is 37.0 Å². The molecule has 0 N–H and O–H groups in total. The van der Waals surface area contributed by atoms with Crippen LogP contribution in [0.2, 0.25) is 0 Å². The largest absolute Gasteiger partial charge is 0.333 e. The van der Waals surface area contributed by atoms with Gasteiger partial charge in [-0.15, -0.1) is 5.92 Å². The van der Waals surface area contributed by atoms with Crippen LogP contribution in [-0.2, 0) is 4.79 Å². The third kappa shape index (κ3) is 1.90. The van der Waals surface area contributed by atoms with E-state index in [1.165, 1.54) is 0 Å². The molecule has 62 valence electrons. The minimum absolute atomic E-state index is 0. The van der Waals surface area contributed by atoms with Gasteiger partial charge >= 0.3 is 0 Å². The quantitative estimate of drug-likeness (QED) is 0.590. The Morgan fingerprint density at radius 2 is 1.64 bits per heavy atom. The number of ketones is 1. The van der Waals surface area contributed by atoms with E-state index >= 15 is 0 Å². The predicted molar refractivity (Wildman–Crippen MR) is 41.3 cm³/mol. The molecule has 0 amide bonds. The number of Topliss-reactive ketones (excluding diaryl/α,β-unsaturated/α-hetero) is 1. The standard InChI is InChI=1S/C9H15O.U/c1-5-6(2)8(4)9(10)7(5)3;/h5-8H,3H2,1-2,4H3;/q-1;. The zero-order chi connectivity index (χ0) is 7.89. The van der Waals surface area contributed by atoms with E-state index in [0.717, 1.165) is 0 Å². The second-order valence-electron chi connectivity index (χ2n) is 3.52. The molecule has 0 radical (unpaired) electrons. The molecule has 11 heavy (non-hydrogen) atoms. The van der Waals surface area contributed by atoms with Crippen LogP contribution in [0.5, 0.6) is 0 Å². The Hall–Kier alpha value is 0.722. The van der Waals surface area contributed by atoms with E-state index in [1.54, 1.807) is 0 Å². The zero-order valence-electron chi connectivity index (χ0n) is 7.42. The van der Waals surface area contributed by atoms with E-state index < -0.39 is 0 Å². The first kappa shape index (κ1) is 11.7. The van der Waals surface area contributed by atoms with Crippen molar-refractivity contribution in [2.75, 3.05) is 0 Å². The summed E-state index contributed by atoms with van der Waals surface area (Å²) in [7, 11) is 0. The first-order valence-electron chi connectivity index (χ1n) is 3.92. The maximum Gasteiger partial charge on any atom is 0.109 e. The van der Waals surface area contributed by atoms with Gasteiger partial charge in [-0.2, -0.15) is 0 Å². The summed E-state index contributed by atoms with van der Waals surface area (Å²) < 4.78 is 0. The maximum atomic E-state index is 11.3. The van der Waals surface area contributed by atoms with Crippen molar-refractivity contribution >= 4 is 5.78 Å². The van der Waals surface area contributed by atoms with Crippen LogP contribution in [0.1, 0.15) is 20.8 Å². The molecule has 0 aromatic heterocycles. The van der Waals surface area contributed by atoms with Gasteiger partial charge in [-0.25, -0.2) is 0 Å². The van der Waals surface area contributed by atoms with E-state index in [4.69, 9.17) is 0 Å². The van der Waals surface area contributed by atoms with Gasteiger partial charge in [-0.1, -0.05) is 26.7 Å². The Morgan fingerprint density at radius 1 is 1.18 bits per heavy atom. The van der Waals surface area contributed by atoms with Gasteiger partial charge in [0.05, 0.1) is 0 Å². The number of rotatable bonds is 0. The molecule has 0 aromatic rings. The van der Waals surface area contributed by atoms with Crippen molar-refractivity contribution in [2.24, 2.45) is 23.7 Å². The summed E-state index contributed by atoms with van der Waals surface area (Å²) >= 11 is 0. The van der Waals surface area contributed by atoms with Crippen molar-refractivity contribution in [2.45, 2.75) is 20.8 Å². The van der Waals surface area contributed by atoms with Gasteiger partial charge in [-0.05, 0) is 5.92 Å². The summed E-state index contributed by atoms with van der Waals surface area (Å²) in [4.78, 5) is 11.3. The molecular formula is C9H15OU-. The molecule has 0 aromatic carbocycles. The molecule has 0 saturated heterocycles. The molecule has 4 unspecified atom stereocenters. The van der Waals surface area contributed by atoms with Gasteiger partial charge in [-0.3, -0.25) is 0 Å². The smallest absolute Gasteiger partial charge is 0.109 e. The van der Waals surface area contributed by atoms with E-state index in [-0.39, 0.29) is 42.9 Å². The molecular weight excluding hydrogens is 362 g/mol. The Balaban J connectivity index is 0.000001000. The van der Waals surface area contributed by atoms with Crippen LogP contribution >= 0.6 is 0 Å². The van der Waals surface area contributed by atoms with Crippen molar-refractivity contribution in [3.63, 3.8) is 0 Å². The topological polar surface area (TPSA) is 17.1 Å². The molecule has 1 aliphatic carbocycles. The molecule has 1 nitrogen and oxygen atoms in total. The molecule has 1 fully saturated rings. The third-order valence-corrected chi connectivity index (χ3v) is 3.07. The monoisotopic (exact) mass is 377 g/mol. The Morgan fingerprint density at radius 3 is 1.73 bits per heavy atom. The molecule has 4 atom stereocenters. The summed E-state index contributed by atoms with van der Waals surface area (Å²) in [5, 5.41) is 0. The molecule has 0 spiro atoms. The first-order chi connectivity index (χ1) is 4.55. The summed E-state index contributed by atoms with van der Waals surface area (Å²) in [5.74, 6) is 1.62. The molecule has 1 aliphatic rings. The average molecular weight is 377 g/mol. The number of carbonyl (C=O) groups is 1. The van der Waals surface area contributed by atoms with Crippen LogP contribution in [0.3, 0.4) is 0 Å². The fraction of sp³-hybridized carbons (Fsp3) is 0.778. The fourth-order valence-electron chi connectivity index (χ4n) is 1.68. The molecule has 0 aliphatic heterocycles. The van der Waals surface area contributed by atoms with Crippen LogP contribution in [0.4, 0.5) is 0 Å². The van der Waals surface area contributed by atoms with Crippen LogP contribution < -0.4 is 0 Å². The van der Waals surface area contributed by atoms with Crippen LogP contribution in [-0.4, -0.2) is 5.78 Å². The summed E-state index contributed by atoms with van der Waals surface area (Å²) in [5.41, 5.74) is 0. The van der Waals surface area contributed by atoms with E-state index in [0.29, 0.717) is 17.6 Å². The molecule has 0 bridgehead atoms. The van der Waals surface area contributed by atoms with Crippen molar-refractivity contribution in [3.8, 4) is 0 Å². The van der Waals surface area contributed by atoms with Crippen molar-refractivity contribution in [3.05, 3.63) is 6.92 Å². The molecule has 1 rings (SSSR count). The van der Waals surface area contributed by atoms with Gasteiger partial charge in [0.1, 0.15) is 5.78 Å². The molecule has 1 saturated carbocycles. The summed E-state index contributed by atoms with van der Waals surface area (Å²) in [6.07, 6.45) is 0. The number of carbonyl (C=O) groups excluding carboxylic acids is 1. The molecule has 0 heterocycles. The van der Waals surface area contributed by atoms with Gasteiger partial charge in [0.25, 0.3) is 0 Å². The minimum atomic E-state index is 0. The SMILES string of the molecule is [CH2-]C1C(=O)C(C)C(C)C1C.[U]. The second kappa shape index (κ2) is 4.10. The van der Waals surface area contributed by atoms with Crippen LogP contribution in [0.15, 0.2) is 0 Å².